The largest absolute Gasteiger partial charge is 0.314 e. The van der Waals surface area contributed by atoms with Gasteiger partial charge in [0.1, 0.15) is 0 Å². The Bertz CT molecular complexity index is 1070. The number of nitrogens with one attached hydrogen (secondary N) is 2. The van der Waals surface area contributed by atoms with Crippen LogP contribution in [0, 0.1) is 0 Å². The van der Waals surface area contributed by atoms with E-state index in [4.69, 9.17) is 0 Å². The lowest BCUT2D eigenvalue weighted by Crippen LogP contribution is -2.46. The van der Waals surface area contributed by atoms with E-state index >= 15 is 0 Å². The van der Waals surface area contributed by atoms with E-state index in [1.807, 2.05) is 31.2 Å². The van der Waals surface area contributed by atoms with Gasteiger partial charge in [0.15, 0.2) is 0 Å². The van der Waals surface area contributed by atoms with E-state index in [9.17, 15) is 8.42 Å². The molecular formula is C19H21N5O2S2. The molecule has 9 heteroatoms. The third-order valence-corrected chi connectivity index (χ3v) is 7.45. The standard InChI is InChI=1S/C19H21N5O2S2/c1-14(22-23-19-21-17-4-2-3-5-18(17)27-19)15-6-8-16(9-7-15)28(25,26)24-12-10-20-11-13-24/h2-9,20H,10-13H2,1H3,(H,21,23)/b22-14-. The first-order valence-electron chi connectivity index (χ1n) is 9.01. The molecule has 0 unspecified atom stereocenters. The first kappa shape index (κ1) is 19.0. The molecule has 2 heterocycles. The fourth-order valence-corrected chi connectivity index (χ4v) is 5.27. The van der Waals surface area contributed by atoms with Crippen LogP contribution in [-0.2, 0) is 10.0 Å². The molecule has 2 N–H and O–H groups in total. The van der Waals surface area contributed by atoms with Crippen molar-refractivity contribution in [1.29, 1.82) is 0 Å². The summed E-state index contributed by atoms with van der Waals surface area (Å²) in [5.74, 6) is 0. The van der Waals surface area contributed by atoms with Crippen molar-refractivity contribution in [1.82, 2.24) is 14.6 Å². The molecular weight excluding hydrogens is 394 g/mol. The van der Waals surface area contributed by atoms with Gasteiger partial charge in [-0.05, 0) is 36.8 Å². The van der Waals surface area contributed by atoms with Crippen LogP contribution in [0.25, 0.3) is 10.2 Å². The van der Waals surface area contributed by atoms with Crippen molar-refractivity contribution in [2.24, 2.45) is 5.10 Å². The number of anilines is 1. The Balaban J connectivity index is 1.48. The molecule has 1 saturated heterocycles. The van der Waals surface area contributed by atoms with Crippen LogP contribution >= 0.6 is 11.3 Å². The molecule has 28 heavy (non-hydrogen) atoms. The van der Waals surface area contributed by atoms with Crippen LogP contribution in [0.15, 0.2) is 58.5 Å². The Morgan fingerprint density at radius 1 is 1.14 bits per heavy atom. The second-order valence-corrected chi connectivity index (χ2v) is 9.44. The number of hydrogen-bond donors (Lipinski definition) is 2. The number of hydrazone groups is 1. The van der Waals surface area contributed by atoms with Crippen molar-refractivity contribution >= 4 is 42.4 Å². The van der Waals surface area contributed by atoms with Crippen LogP contribution in [0.3, 0.4) is 0 Å². The molecule has 0 amide bonds. The molecule has 7 nitrogen and oxygen atoms in total. The molecule has 1 aliphatic rings. The summed E-state index contributed by atoms with van der Waals surface area (Å²) in [7, 11) is -3.45. The van der Waals surface area contributed by atoms with Crippen LogP contribution in [-0.4, -0.2) is 49.6 Å². The number of aromatic nitrogens is 1. The lowest BCUT2D eigenvalue weighted by atomic mass is 10.1. The molecule has 0 radical (unpaired) electrons. The fraction of sp³-hybridized carbons (Fsp3) is 0.263. The Morgan fingerprint density at radius 3 is 2.57 bits per heavy atom. The third kappa shape index (κ3) is 3.93. The van der Waals surface area contributed by atoms with Gasteiger partial charge in [-0.2, -0.15) is 9.41 Å². The summed E-state index contributed by atoms with van der Waals surface area (Å²) in [5.41, 5.74) is 5.54. The molecule has 0 spiro atoms. The van der Waals surface area contributed by atoms with Gasteiger partial charge in [0, 0.05) is 26.2 Å². The number of thiazole rings is 1. The fourth-order valence-electron chi connectivity index (χ4n) is 3.02. The zero-order chi connectivity index (χ0) is 19.6. The van der Waals surface area contributed by atoms with Crippen LogP contribution in [0.2, 0.25) is 0 Å². The molecule has 1 aliphatic heterocycles. The Morgan fingerprint density at radius 2 is 1.86 bits per heavy atom. The van der Waals surface area contributed by atoms with E-state index in [0.717, 1.165) is 26.6 Å². The maximum absolute atomic E-state index is 12.7. The summed E-state index contributed by atoms with van der Waals surface area (Å²) in [4.78, 5) is 4.80. The topological polar surface area (TPSA) is 86.7 Å². The van der Waals surface area contributed by atoms with Crippen LogP contribution in [0.5, 0.6) is 0 Å². The molecule has 3 aromatic rings. The van der Waals surface area contributed by atoms with Crippen molar-refractivity contribution in [3.8, 4) is 0 Å². The highest BCUT2D eigenvalue weighted by Crippen LogP contribution is 2.25. The number of benzene rings is 2. The van der Waals surface area contributed by atoms with Crippen LogP contribution in [0.4, 0.5) is 5.13 Å². The Hall–Kier alpha value is -2.33. The van der Waals surface area contributed by atoms with Gasteiger partial charge in [0.2, 0.25) is 15.2 Å². The summed E-state index contributed by atoms with van der Waals surface area (Å²) in [6.07, 6.45) is 0. The van der Waals surface area contributed by atoms with E-state index < -0.39 is 10.0 Å². The number of para-hydroxylation sites is 1. The van der Waals surface area contributed by atoms with Gasteiger partial charge in [-0.3, -0.25) is 5.43 Å². The van der Waals surface area contributed by atoms with Crippen LogP contribution < -0.4 is 10.7 Å². The van der Waals surface area contributed by atoms with Gasteiger partial charge >= 0.3 is 0 Å². The van der Waals surface area contributed by atoms with Gasteiger partial charge in [-0.15, -0.1) is 0 Å². The Labute approximate surface area is 168 Å². The molecule has 1 fully saturated rings. The van der Waals surface area contributed by atoms with E-state index in [0.29, 0.717) is 31.1 Å². The van der Waals surface area contributed by atoms with Gasteiger partial charge in [-0.1, -0.05) is 35.6 Å². The summed E-state index contributed by atoms with van der Waals surface area (Å²) >= 11 is 1.54. The van der Waals surface area contributed by atoms with Crippen molar-refractivity contribution in [3.05, 3.63) is 54.1 Å². The van der Waals surface area contributed by atoms with Crippen molar-refractivity contribution in [3.63, 3.8) is 0 Å². The predicted molar refractivity (Wildman–Crippen MR) is 114 cm³/mol. The van der Waals surface area contributed by atoms with Crippen molar-refractivity contribution < 1.29 is 8.42 Å². The molecule has 146 valence electrons. The zero-order valence-electron chi connectivity index (χ0n) is 15.4. The minimum atomic E-state index is -3.45. The monoisotopic (exact) mass is 415 g/mol. The molecule has 0 bridgehead atoms. The normalized spacial score (nSPS) is 16.4. The quantitative estimate of drug-likeness (QED) is 0.494. The average Bonchev–Trinajstić information content (AvgIpc) is 3.16. The summed E-state index contributed by atoms with van der Waals surface area (Å²) in [6, 6.07) is 14.8. The first-order chi connectivity index (χ1) is 13.5. The lowest BCUT2D eigenvalue weighted by molar-refractivity contribution is 0.360. The van der Waals surface area contributed by atoms with Gasteiger partial charge in [-0.25, -0.2) is 13.4 Å². The predicted octanol–water partition coefficient (Wildman–Crippen LogP) is 2.73. The highest BCUT2D eigenvalue weighted by molar-refractivity contribution is 7.89. The molecule has 0 atom stereocenters. The minimum Gasteiger partial charge on any atom is -0.314 e. The summed E-state index contributed by atoms with van der Waals surface area (Å²) in [5, 5.41) is 8.27. The average molecular weight is 416 g/mol. The van der Waals surface area contributed by atoms with E-state index in [-0.39, 0.29) is 0 Å². The van der Waals surface area contributed by atoms with Gasteiger partial charge in [0.25, 0.3) is 0 Å². The lowest BCUT2D eigenvalue weighted by Gasteiger charge is -2.26. The molecule has 0 saturated carbocycles. The van der Waals surface area contributed by atoms with Crippen LogP contribution in [0.1, 0.15) is 12.5 Å². The van der Waals surface area contributed by atoms with E-state index in [1.54, 1.807) is 24.3 Å². The summed E-state index contributed by atoms with van der Waals surface area (Å²) in [6.45, 7) is 4.23. The smallest absolute Gasteiger partial charge is 0.243 e. The SMILES string of the molecule is C/C(=N/Nc1nc2ccccc2s1)c1ccc(S(=O)(=O)N2CCNCC2)cc1. The van der Waals surface area contributed by atoms with Crippen molar-refractivity contribution in [2.75, 3.05) is 31.6 Å². The number of piperazine rings is 1. The number of hydrogen-bond acceptors (Lipinski definition) is 7. The maximum Gasteiger partial charge on any atom is 0.243 e. The molecule has 4 rings (SSSR count). The van der Waals surface area contributed by atoms with E-state index in [1.165, 1.54) is 15.6 Å². The number of sulfonamides is 1. The highest BCUT2D eigenvalue weighted by Gasteiger charge is 2.25. The molecule has 1 aromatic heterocycles. The van der Waals surface area contributed by atoms with Crippen molar-refractivity contribution in [2.45, 2.75) is 11.8 Å². The number of nitrogens with zero attached hydrogens (tertiary/aromatic N) is 3. The van der Waals surface area contributed by atoms with Gasteiger partial charge < -0.3 is 5.32 Å². The number of fused-ring (bicyclic) bond motifs is 1. The second kappa shape index (κ2) is 7.96. The Kier molecular flexibility index (Phi) is 5.40. The molecule has 2 aromatic carbocycles. The maximum atomic E-state index is 12.7. The van der Waals surface area contributed by atoms with Gasteiger partial charge in [0.05, 0.1) is 20.8 Å². The first-order valence-corrected chi connectivity index (χ1v) is 11.3. The molecule has 0 aliphatic carbocycles. The number of rotatable bonds is 5. The minimum absolute atomic E-state index is 0.310. The van der Waals surface area contributed by atoms with E-state index in [2.05, 4.69) is 20.8 Å². The summed E-state index contributed by atoms with van der Waals surface area (Å²) < 4.78 is 28.0. The third-order valence-electron chi connectivity index (χ3n) is 4.60. The second-order valence-electron chi connectivity index (χ2n) is 6.47. The zero-order valence-corrected chi connectivity index (χ0v) is 17.1. The highest BCUT2D eigenvalue weighted by atomic mass is 32.2.